The second kappa shape index (κ2) is 4.11. The van der Waals surface area contributed by atoms with Crippen molar-refractivity contribution in [2.24, 2.45) is 0 Å². The maximum Gasteiger partial charge on any atom is 0.192 e. The molecule has 3 nitrogen and oxygen atoms in total. The molecule has 15 heavy (non-hydrogen) atoms. The molecule has 0 saturated carbocycles. The molecule has 0 aliphatic carbocycles. The van der Waals surface area contributed by atoms with Crippen molar-refractivity contribution >= 4 is 28.4 Å². The van der Waals surface area contributed by atoms with E-state index in [0.717, 1.165) is 23.3 Å². The first-order valence-electron chi connectivity index (χ1n) is 4.85. The molecule has 80 valence electrons. The van der Waals surface area contributed by atoms with E-state index < -0.39 is 0 Å². The number of oxazole rings is 1. The van der Waals surface area contributed by atoms with Crippen LogP contribution in [0.15, 0.2) is 22.6 Å². The minimum absolute atomic E-state index is 0.615. The van der Waals surface area contributed by atoms with Gasteiger partial charge in [-0.2, -0.15) is 0 Å². The zero-order valence-electron chi connectivity index (χ0n) is 8.83. The van der Waals surface area contributed by atoms with Crippen molar-refractivity contribution in [3.05, 3.63) is 24.1 Å². The van der Waals surface area contributed by atoms with E-state index >= 15 is 0 Å². The third kappa shape index (κ3) is 2.07. The van der Waals surface area contributed by atoms with E-state index in [1.807, 2.05) is 32.2 Å². The molecule has 0 fully saturated rings. The topological polar surface area (TPSA) is 29.3 Å². The smallest absolute Gasteiger partial charge is 0.192 e. The quantitative estimate of drug-likeness (QED) is 0.751. The number of hydrogen-bond donors (Lipinski definition) is 0. The van der Waals surface area contributed by atoms with E-state index in [-0.39, 0.29) is 0 Å². The summed E-state index contributed by atoms with van der Waals surface area (Å²) in [5.41, 5.74) is 2.82. The molecule has 0 amide bonds. The largest absolute Gasteiger partial charge is 0.441 e. The molecule has 2 rings (SSSR count). The highest BCUT2D eigenvalue weighted by molar-refractivity contribution is 6.18. The van der Waals surface area contributed by atoms with Crippen molar-refractivity contribution < 1.29 is 4.42 Å². The molecule has 4 heteroatoms. The second-order valence-corrected chi connectivity index (χ2v) is 3.87. The fourth-order valence-corrected chi connectivity index (χ4v) is 1.78. The third-order valence-corrected chi connectivity index (χ3v) is 2.51. The molecule has 0 bridgehead atoms. The van der Waals surface area contributed by atoms with E-state index in [9.17, 15) is 0 Å². The van der Waals surface area contributed by atoms with Crippen LogP contribution in [0.2, 0.25) is 0 Å². The zero-order valence-corrected chi connectivity index (χ0v) is 9.58. The SMILES string of the molecule is Cc1nc2ccc(N(C)CCCl)cc2o1. The molecule has 0 aliphatic rings. The number of aryl methyl sites for hydroxylation is 1. The standard InChI is InChI=1S/C11H13ClN2O/c1-8-13-10-4-3-9(7-11(10)15-8)14(2)6-5-12/h3-4,7H,5-6H2,1-2H3. The van der Waals surface area contributed by atoms with Gasteiger partial charge in [-0.15, -0.1) is 11.6 Å². The first-order chi connectivity index (χ1) is 7.20. The summed E-state index contributed by atoms with van der Waals surface area (Å²) in [5.74, 6) is 1.31. The molecule has 1 aromatic heterocycles. The molecule has 0 radical (unpaired) electrons. The number of aromatic nitrogens is 1. The number of anilines is 1. The first kappa shape index (κ1) is 10.3. The fraction of sp³-hybridized carbons (Fsp3) is 0.364. The summed E-state index contributed by atoms with van der Waals surface area (Å²) in [7, 11) is 2.01. The number of nitrogens with zero attached hydrogens (tertiary/aromatic N) is 2. The van der Waals surface area contributed by atoms with Crippen LogP contribution in [0.1, 0.15) is 5.89 Å². The monoisotopic (exact) mass is 224 g/mol. The van der Waals surface area contributed by atoms with Gasteiger partial charge < -0.3 is 9.32 Å². The number of halogens is 1. The molecule has 0 aliphatic heterocycles. The molecule has 1 heterocycles. The van der Waals surface area contributed by atoms with Gasteiger partial charge in [0.25, 0.3) is 0 Å². The number of benzene rings is 1. The zero-order chi connectivity index (χ0) is 10.8. The highest BCUT2D eigenvalue weighted by Crippen LogP contribution is 2.21. The van der Waals surface area contributed by atoms with Crippen LogP contribution >= 0.6 is 11.6 Å². The van der Waals surface area contributed by atoms with E-state index in [1.54, 1.807) is 0 Å². The highest BCUT2D eigenvalue weighted by Gasteiger charge is 2.05. The molecule has 0 saturated heterocycles. The molecule has 0 unspecified atom stereocenters. The van der Waals surface area contributed by atoms with Crippen LogP contribution in [0.4, 0.5) is 5.69 Å². The highest BCUT2D eigenvalue weighted by atomic mass is 35.5. The van der Waals surface area contributed by atoms with E-state index in [0.29, 0.717) is 11.8 Å². The first-order valence-corrected chi connectivity index (χ1v) is 5.38. The van der Waals surface area contributed by atoms with Gasteiger partial charge in [0.15, 0.2) is 11.5 Å². The number of rotatable bonds is 3. The lowest BCUT2D eigenvalue weighted by atomic mass is 10.2. The summed E-state index contributed by atoms with van der Waals surface area (Å²) in [6.45, 7) is 2.67. The average molecular weight is 225 g/mol. The Kier molecular flexibility index (Phi) is 2.82. The average Bonchev–Trinajstić information content (AvgIpc) is 2.57. The van der Waals surface area contributed by atoms with Crippen molar-refractivity contribution in [1.29, 1.82) is 0 Å². The summed E-state index contributed by atoms with van der Waals surface area (Å²) in [6.07, 6.45) is 0. The van der Waals surface area contributed by atoms with Crippen molar-refractivity contribution in [3.63, 3.8) is 0 Å². The Bertz CT molecular complexity index is 467. The van der Waals surface area contributed by atoms with Gasteiger partial charge in [-0.3, -0.25) is 0 Å². The Balaban J connectivity index is 2.37. The number of fused-ring (bicyclic) bond motifs is 1. The van der Waals surface area contributed by atoms with Gasteiger partial charge in [0.2, 0.25) is 0 Å². The van der Waals surface area contributed by atoms with Crippen LogP contribution in [0.25, 0.3) is 11.1 Å². The minimum Gasteiger partial charge on any atom is -0.441 e. The van der Waals surface area contributed by atoms with Gasteiger partial charge in [-0.05, 0) is 12.1 Å². The van der Waals surface area contributed by atoms with Gasteiger partial charge in [0.1, 0.15) is 5.52 Å². The molecular formula is C11H13ClN2O. The van der Waals surface area contributed by atoms with E-state index in [2.05, 4.69) is 9.88 Å². The summed E-state index contributed by atoms with van der Waals surface area (Å²) >= 11 is 5.69. The Morgan fingerprint density at radius 1 is 1.47 bits per heavy atom. The van der Waals surface area contributed by atoms with Crippen molar-refractivity contribution in [2.75, 3.05) is 24.4 Å². The Labute approximate surface area is 93.6 Å². The van der Waals surface area contributed by atoms with Crippen LogP contribution in [0, 0.1) is 6.92 Å². The predicted octanol–water partition coefficient (Wildman–Crippen LogP) is 2.81. The second-order valence-electron chi connectivity index (χ2n) is 3.50. The lowest BCUT2D eigenvalue weighted by molar-refractivity contribution is 0.561. The van der Waals surface area contributed by atoms with Gasteiger partial charge in [0.05, 0.1) is 0 Å². The maximum atomic E-state index is 5.69. The Hall–Kier alpha value is -1.22. The fourth-order valence-electron chi connectivity index (χ4n) is 1.52. The molecule has 2 aromatic rings. The minimum atomic E-state index is 0.615. The van der Waals surface area contributed by atoms with Crippen LogP contribution in [-0.2, 0) is 0 Å². The third-order valence-electron chi connectivity index (χ3n) is 2.34. The number of alkyl halides is 1. The van der Waals surface area contributed by atoms with Crippen molar-refractivity contribution in [2.45, 2.75) is 6.92 Å². The van der Waals surface area contributed by atoms with Gasteiger partial charge in [-0.1, -0.05) is 0 Å². The van der Waals surface area contributed by atoms with Crippen LogP contribution in [-0.4, -0.2) is 24.5 Å². The van der Waals surface area contributed by atoms with E-state index in [4.69, 9.17) is 16.0 Å². The molecule has 0 atom stereocenters. The molecule has 1 aromatic carbocycles. The summed E-state index contributed by atoms with van der Waals surface area (Å²) < 4.78 is 5.47. The Morgan fingerprint density at radius 3 is 3.00 bits per heavy atom. The summed E-state index contributed by atoms with van der Waals surface area (Å²) in [6, 6.07) is 5.98. The van der Waals surface area contributed by atoms with Gasteiger partial charge in [0, 0.05) is 38.1 Å². The molecule has 0 N–H and O–H groups in total. The molecule has 0 spiro atoms. The normalized spacial score (nSPS) is 10.9. The summed E-state index contributed by atoms with van der Waals surface area (Å²) in [4.78, 5) is 6.34. The lowest BCUT2D eigenvalue weighted by Crippen LogP contribution is -2.19. The van der Waals surface area contributed by atoms with Crippen molar-refractivity contribution in [3.8, 4) is 0 Å². The van der Waals surface area contributed by atoms with Crippen LogP contribution < -0.4 is 4.90 Å². The summed E-state index contributed by atoms with van der Waals surface area (Å²) in [5, 5.41) is 0. The van der Waals surface area contributed by atoms with Crippen LogP contribution in [0.5, 0.6) is 0 Å². The van der Waals surface area contributed by atoms with Crippen molar-refractivity contribution in [1.82, 2.24) is 4.98 Å². The predicted molar refractivity (Wildman–Crippen MR) is 62.7 cm³/mol. The van der Waals surface area contributed by atoms with Crippen LogP contribution in [0.3, 0.4) is 0 Å². The maximum absolute atomic E-state index is 5.69. The van der Waals surface area contributed by atoms with Gasteiger partial charge >= 0.3 is 0 Å². The Morgan fingerprint density at radius 2 is 2.27 bits per heavy atom. The van der Waals surface area contributed by atoms with Gasteiger partial charge in [-0.25, -0.2) is 4.98 Å². The number of hydrogen-bond acceptors (Lipinski definition) is 3. The lowest BCUT2D eigenvalue weighted by Gasteiger charge is -2.17. The van der Waals surface area contributed by atoms with E-state index in [1.165, 1.54) is 0 Å². The molecular weight excluding hydrogens is 212 g/mol.